The van der Waals surface area contributed by atoms with Gasteiger partial charge in [0, 0.05) is 49.2 Å². The summed E-state index contributed by atoms with van der Waals surface area (Å²) in [6.45, 7) is 2.42. The van der Waals surface area contributed by atoms with Gasteiger partial charge in [-0.25, -0.2) is 19.6 Å². The molecular weight excluding hydrogens is 815 g/mol. The Bertz CT molecular complexity index is 2580. The van der Waals surface area contributed by atoms with Crippen molar-refractivity contribution >= 4 is 28.9 Å². The first-order valence-electron chi connectivity index (χ1n) is 21.9. The normalized spacial score (nSPS) is 19.6. The average molecular weight is 868 g/mol. The minimum absolute atomic E-state index is 0.0652. The van der Waals surface area contributed by atoms with Gasteiger partial charge < -0.3 is 44.8 Å². The number of methoxy groups -OCH3 is 2. The molecular formula is C48H53N9O7. The van der Waals surface area contributed by atoms with Crippen LogP contribution in [0.4, 0.5) is 9.59 Å². The molecule has 3 aromatic heterocycles. The molecule has 5 atom stereocenters. The molecule has 1 unspecified atom stereocenters. The van der Waals surface area contributed by atoms with Gasteiger partial charge in [-0.05, 0) is 85.0 Å². The molecule has 3 amide bonds. The molecule has 0 aliphatic carbocycles. The van der Waals surface area contributed by atoms with Crippen LogP contribution in [0.15, 0.2) is 97.5 Å². The number of nitrogens with one attached hydrogen (secondary N) is 4. The molecule has 0 saturated carbocycles. The first-order chi connectivity index (χ1) is 31.3. The molecule has 16 nitrogen and oxygen atoms in total. The molecule has 9 rings (SSSR count). The van der Waals surface area contributed by atoms with Crippen molar-refractivity contribution in [3.05, 3.63) is 115 Å². The quantitative estimate of drug-likeness (QED) is 0.0845. The summed E-state index contributed by atoms with van der Waals surface area (Å²) in [5.41, 5.74) is 6.02. The molecule has 6 aromatic rings. The van der Waals surface area contributed by atoms with Crippen LogP contribution in [0.3, 0.4) is 0 Å². The smallest absolute Gasteiger partial charge is 0.407 e. The van der Waals surface area contributed by atoms with E-state index in [1.807, 2.05) is 59.8 Å². The minimum Gasteiger partial charge on any atom is -0.453 e. The summed E-state index contributed by atoms with van der Waals surface area (Å²) in [6, 6.07) is 24.0. The predicted octanol–water partition coefficient (Wildman–Crippen LogP) is 7.05. The van der Waals surface area contributed by atoms with Gasteiger partial charge in [0.1, 0.15) is 23.9 Å². The third-order valence-corrected chi connectivity index (χ3v) is 12.9. The molecule has 3 saturated heterocycles. The van der Waals surface area contributed by atoms with Crippen molar-refractivity contribution < 1.29 is 33.7 Å². The Morgan fingerprint density at radius 2 is 1.34 bits per heavy atom. The second-order valence-electron chi connectivity index (χ2n) is 16.7. The van der Waals surface area contributed by atoms with Gasteiger partial charge >= 0.3 is 12.2 Å². The third kappa shape index (κ3) is 8.94. The van der Waals surface area contributed by atoms with Crippen LogP contribution < -0.4 is 10.6 Å². The Balaban J connectivity index is 0.867. The number of rotatable bonds is 12. The number of aromatic amines is 2. The third-order valence-electron chi connectivity index (χ3n) is 12.9. The van der Waals surface area contributed by atoms with Gasteiger partial charge in [0.25, 0.3) is 5.91 Å². The Morgan fingerprint density at radius 3 is 2.05 bits per heavy atom. The van der Waals surface area contributed by atoms with Crippen molar-refractivity contribution in [1.29, 1.82) is 0 Å². The van der Waals surface area contributed by atoms with E-state index in [-0.39, 0.29) is 23.9 Å². The second-order valence-corrected chi connectivity index (χ2v) is 16.7. The number of carbonyl (C=O) groups is 3. The zero-order valence-corrected chi connectivity index (χ0v) is 35.9. The minimum atomic E-state index is -0.909. The van der Waals surface area contributed by atoms with E-state index in [4.69, 9.17) is 29.2 Å². The van der Waals surface area contributed by atoms with Gasteiger partial charge in [0.2, 0.25) is 0 Å². The highest BCUT2D eigenvalue weighted by molar-refractivity contribution is 5.90. The molecule has 6 heterocycles. The van der Waals surface area contributed by atoms with Crippen molar-refractivity contribution in [3.8, 4) is 33.8 Å². The maximum Gasteiger partial charge on any atom is 0.407 e. The summed E-state index contributed by atoms with van der Waals surface area (Å²) in [5.74, 6) is 1.31. The maximum atomic E-state index is 13.9. The summed E-state index contributed by atoms with van der Waals surface area (Å²) in [6.07, 6.45) is 8.08. The van der Waals surface area contributed by atoms with Crippen molar-refractivity contribution in [3.63, 3.8) is 0 Å². The van der Waals surface area contributed by atoms with Gasteiger partial charge in [-0.3, -0.25) is 14.7 Å². The lowest BCUT2D eigenvalue weighted by Gasteiger charge is -2.39. The van der Waals surface area contributed by atoms with Crippen LogP contribution in [0.5, 0.6) is 0 Å². The van der Waals surface area contributed by atoms with Crippen molar-refractivity contribution in [2.24, 2.45) is 5.92 Å². The van der Waals surface area contributed by atoms with Gasteiger partial charge in [0.15, 0.2) is 0 Å². The average Bonchev–Trinajstić information content (AvgIpc) is 4.20. The van der Waals surface area contributed by atoms with Gasteiger partial charge in [-0.1, -0.05) is 54.6 Å². The van der Waals surface area contributed by atoms with E-state index in [2.05, 4.69) is 57.0 Å². The molecule has 3 aromatic carbocycles. The first kappa shape index (κ1) is 42.7. The van der Waals surface area contributed by atoms with Crippen LogP contribution in [0.1, 0.15) is 73.9 Å². The second kappa shape index (κ2) is 19.0. The number of amides is 3. The highest BCUT2D eigenvalue weighted by atomic mass is 16.5. The Labute approximate surface area is 370 Å². The lowest BCUT2D eigenvalue weighted by molar-refractivity contribution is -0.134. The number of pyridine rings is 1. The summed E-state index contributed by atoms with van der Waals surface area (Å²) >= 11 is 0. The van der Waals surface area contributed by atoms with Crippen LogP contribution in [-0.2, 0) is 19.0 Å². The molecule has 0 bridgehead atoms. The largest absolute Gasteiger partial charge is 0.453 e. The number of benzene rings is 3. The predicted molar refractivity (Wildman–Crippen MR) is 238 cm³/mol. The van der Waals surface area contributed by atoms with Crippen molar-refractivity contribution in [2.45, 2.75) is 68.9 Å². The standard InChI is InChI=1S/C48H53N9O7/c1-62-47(60)54-41(29-8-4-3-5-9-29)45(58)56-20-7-11-40(56)44-51-28-38(53-44)35-16-17-36(49-26-35)33-14-12-32-25-34(15-13-31(32)24-33)37-27-50-43(52-37)39-10-6-21-57(39)46(59)42(55-48(61)63-2)30-18-22-64-23-19-30/h3-5,8-9,12-17,24-28,30,39-42,46,59H,6-7,10-11,18-23H2,1-2H3,(H,50,52)(H,51,53)(H,54,60)(H,55,61)/t39-,40-,41+,42-,46?/m0/s1. The van der Waals surface area contributed by atoms with E-state index in [0.29, 0.717) is 37.7 Å². The number of alkyl carbamates (subject to hydrolysis) is 2. The van der Waals surface area contributed by atoms with Gasteiger partial charge in [-0.15, -0.1) is 0 Å². The molecule has 0 spiro atoms. The van der Waals surface area contributed by atoms with Crippen molar-refractivity contribution in [2.75, 3.05) is 40.5 Å². The van der Waals surface area contributed by atoms with Gasteiger partial charge in [0.05, 0.1) is 61.8 Å². The van der Waals surface area contributed by atoms with Crippen LogP contribution in [-0.4, -0.2) is 111 Å². The number of imidazole rings is 2. The van der Waals surface area contributed by atoms with Crippen LogP contribution in [0.25, 0.3) is 44.5 Å². The van der Waals surface area contributed by atoms with E-state index in [1.54, 1.807) is 11.1 Å². The number of hydrogen-bond acceptors (Lipinski definition) is 11. The number of ether oxygens (including phenoxy) is 3. The first-order valence-corrected chi connectivity index (χ1v) is 21.9. The SMILES string of the molecule is COC(=O)N[C@@H](C1CCOCC1)C(O)N1CCC[C@H]1c1ncc(-c2ccc3cc(-c4ccc(-c5cnc([C@@H]6CCCN6C(=O)[C@H](NC(=O)OC)c6ccccc6)[nH]5)cn4)ccc3c2)[nH]1. The van der Waals surface area contributed by atoms with E-state index in [0.717, 1.165) is 88.9 Å². The fourth-order valence-corrected chi connectivity index (χ4v) is 9.50. The Hall–Kier alpha value is -6.62. The van der Waals surface area contributed by atoms with E-state index < -0.39 is 30.5 Å². The molecule has 3 aliphatic heterocycles. The van der Waals surface area contributed by atoms with Crippen LogP contribution in [0.2, 0.25) is 0 Å². The summed E-state index contributed by atoms with van der Waals surface area (Å²) in [5, 5.41) is 19.5. The lowest BCUT2D eigenvalue weighted by Crippen LogP contribution is -2.56. The maximum absolute atomic E-state index is 13.9. The summed E-state index contributed by atoms with van der Waals surface area (Å²) < 4.78 is 15.3. The zero-order chi connectivity index (χ0) is 44.2. The number of aliphatic hydroxyl groups excluding tert-OH is 1. The molecule has 16 heteroatoms. The monoisotopic (exact) mass is 867 g/mol. The summed E-state index contributed by atoms with van der Waals surface area (Å²) in [7, 11) is 2.62. The topological polar surface area (TPSA) is 200 Å². The summed E-state index contributed by atoms with van der Waals surface area (Å²) in [4.78, 5) is 63.6. The number of H-pyrrole nitrogens is 2. The highest BCUT2D eigenvalue weighted by Gasteiger charge is 2.41. The van der Waals surface area contributed by atoms with Gasteiger partial charge in [-0.2, -0.15) is 0 Å². The van der Waals surface area contributed by atoms with Crippen LogP contribution in [0, 0.1) is 5.92 Å². The van der Waals surface area contributed by atoms with Crippen molar-refractivity contribution in [1.82, 2.24) is 45.4 Å². The number of nitrogens with zero attached hydrogens (tertiary/aromatic N) is 5. The number of aromatic nitrogens is 5. The zero-order valence-electron chi connectivity index (χ0n) is 35.9. The van der Waals surface area contributed by atoms with E-state index in [9.17, 15) is 19.5 Å². The number of likely N-dealkylation sites (tertiary alicyclic amines) is 2. The molecule has 5 N–H and O–H groups in total. The number of fused-ring (bicyclic) bond motifs is 1. The molecule has 0 radical (unpaired) electrons. The fourth-order valence-electron chi connectivity index (χ4n) is 9.50. The lowest BCUT2D eigenvalue weighted by atomic mass is 9.90. The number of carbonyl (C=O) groups excluding carboxylic acids is 3. The molecule has 3 aliphatic rings. The number of hydrogen-bond donors (Lipinski definition) is 5. The Kier molecular flexibility index (Phi) is 12.7. The molecule has 332 valence electrons. The van der Waals surface area contributed by atoms with E-state index >= 15 is 0 Å². The Morgan fingerprint density at radius 1 is 0.719 bits per heavy atom. The molecule has 3 fully saturated rings. The molecule has 64 heavy (non-hydrogen) atoms. The van der Waals surface area contributed by atoms with E-state index in [1.165, 1.54) is 14.2 Å². The van der Waals surface area contributed by atoms with Crippen LogP contribution >= 0.6 is 0 Å². The fraction of sp³-hybridized carbons (Fsp3) is 0.375. The highest BCUT2D eigenvalue weighted by Crippen LogP contribution is 2.37. The number of aliphatic hydroxyl groups is 1.